The van der Waals surface area contributed by atoms with Crippen molar-refractivity contribution in [2.75, 3.05) is 25.1 Å². The molecule has 20 heavy (non-hydrogen) atoms. The maximum atomic E-state index is 13.1. The Morgan fingerprint density at radius 1 is 1.50 bits per heavy atom. The van der Waals surface area contributed by atoms with E-state index in [1.165, 1.54) is 12.1 Å². The Kier molecular flexibility index (Phi) is 4.78. The van der Waals surface area contributed by atoms with E-state index in [9.17, 15) is 12.8 Å². The Labute approximate surface area is 119 Å². The molecular weight excluding hydrogens is 279 g/mol. The first-order valence-electron chi connectivity index (χ1n) is 6.79. The van der Waals surface area contributed by atoms with Gasteiger partial charge in [0.15, 0.2) is 9.84 Å². The molecule has 1 aliphatic rings. The van der Waals surface area contributed by atoms with Crippen LogP contribution in [0.3, 0.4) is 0 Å². The lowest BCUT2D eigenvalue weighted by molar-refractivity contribution is 0.252. The molecule has 2 unspecified atom stereocenters. The molecule has 1 saturated heterocycles. The van der Waals surface area contributed by atoms with Gasteiger partial charge in [-0.3, -0.25) is 0 Å². The van der Waals surface area contributed by atoms with Gasteiger partial charge < -0.3 is 10.6 Å². The Balaban J connectivity index is 1.86. The topological polar surface area (TPSA) is 63.4 Å². The number of halogens is 1. The van der Waals surface area contributed by atoms with Crippen LogP contribution in [-0.2, 0) is 9.84 Å². The Morgan fingerprint density at radius 2 is 2.25 bits per heavy atom. The zero-order chi connectivity index (χ0) is 14.8. The summed E-state index contributed by atoms with van der Waals surface area (Å²) in [4.78, 5) is 2.05. The van der Waals surface area contributed by atoms with E-state index < -0.39 is 9.84 Å². The Bertz CT molecular complexity index is 562. The largest absolute Gasteiger partial charge is 0.324 e. The lowest BCUT2D eigenvalue weighted by Crippen LogP contribution is -2.34. The SMILES string of the molecule is CN(CCC(N)c1cccc(F)c1)C1CCS(=O)(=O)C1. The second kappa shape index (κ2) is 6.20. The summed E-state index contributed by atoms with van der Waals surface area (Å²) in [6.07, 6.45) is 1.37. The van der Waals surface area contributed by atoms with Crippen LogP contribution in [0.2, 0.25) is 0 Å². The Morgan fingerprint density at radius 3 is 2.85 bits per heavy atom. The fourth-order valence-corrected chi connectivity index (χ4v) is 4.36. The molecule has 0 spiro atoms. The van der Waals surface area contributed by atoms with Crippen LogP contribution >= 0.6 is 0 Å². The normalized spacial score (nSPS) is 23.1. The molecule has 0 bridgehead atoms. The molecule has 4 nitrogen and oxygen atoms in total. The van der Waals surface area contributed by atoms with Gasteiger partial charge in [-0.2, -0.15) is 0 Å². The van der Waals surface area contributed by atoms with Crippen LogP contribution in [0.25, 0.3) is 0 Å². The minimum absolute atomic E-state index is 0.0831. The van der Waals surface area contributed by atoms with E-state index in [1.807, 2.05) is 18.0 Å². The third-order valence-corrected chi connectivity index (χ3v) is 5.65. The summed E-state index contributed by atoms with van der Waals surface area (Å²) in [7, 11) is -0.939. The van der Waals surface area contributed by atoms with Crippen molar-refractivity contribution in [1.82, 2.24) is 4.90 Å². The van der Waals surface area contributed by atoms with Crippen LogP contribution in [0.1, 0.15) is 24.4 Å². The van der Waals surface area contributed by atoms with Crippen molar-refractivity contribution in [2.45, 2.75) is 24.9 Å². The van der Waals surface area contributed by atoms with Gasteiger partial charge in [0.25, 0.3) is 0 Å². The van der Waals surface area contributed by atoms with E-state index in [-0.39, 0.29) is 29.4 Å². The molecule has 1 heterocycles. The van der Waals surface area contributed by atoms with Gasteiger partial charge in [0.2, 0.25) is 0 Å². The molecule has 2 rings (SSSR count). The lowest BCUT2D eigenvalue weighted by atomic mass is 10.0. The van der Waals surface area contributed by atoms with E-state index in [1.54, 1.807) is 6.07 Å². The zero-order valence-electron chi connectivity index (χ0n) is 11.6. The van der Waals surface area contributed by atoms with Gasteiger partial charge in [0, 0.05) is 12.1 Å². The average Bonchev–Trinajstić information content (AvgIpc) is 2.76. The van der Waals surface area contributed by atoms with Crippen molar-refractivity contribution in [3.05, 3.63) is 35.6 Å². The summed E-state index contributed by atoms with van der Waals surface area (Å²) in [5.41, 5.74) is 6.83. The van der Waals surface area contributed by atoms with Crippen LogP contribution in [0.15, 0.2) is 24.3 Å². The standard InChI is InChI=1S/C14H21FN2O2S/c1-17(13-6-8-20(18,19)10-13)7-5-14(16)11-3-2-4-12(15)9-11/h2-4,9,13-14H,5-8,10,16H2,1H3. The molecule has 1 aromatic rings. The summed E-state index contributed by atoms with van der Waals surface area (Å²) in [6, 6.07) is 6.16. The molecule has 0 radical (unpaired) electrons. The van der Waals surface area contributed by atoms with E-state index in [0.29, 0.717) is 19.4 Å². The number of hydrogen-bond acceptors (Lipinski definition) is 4. The molecular formula is C14H21FN2O2S. The predicted octanol–water partition coefficient (Wildman–Crippen LogP) is 1.33. The van der Waals surface area contributed by atoms with Crippen molar-refractivity contribution in [2.24, 2.45) is 5.73 Å². The molecule has 2 atom stereocenters. The number of nitrogens with zero attached hydrogens (tertiary/aromatic N) is 1. The van der Waals surface area contributed by atoms with Crippen molar-refractivity contribution in [3.8, 4) is 0 Å². The first-order chi connectivity index (χ1) is 9.37. The third-order valence-electron chi connectivity index (χ3n) is 3.90. The monoisotopic (exact) mass is 300 g/mol. The van der Waals surface area contributed by atoms with Gasteiger partial charge in [-0.05, 0) is 44.1 Å². The number of sulfone groups is 1. The van der Waals surface area contributed by atoms with E-state index >= 15 is 0 Å². The molecule has 0 amide bonds. The molecule has 112 valence electrons. The van der Waals surface area contributed by atoms with Crippen LogP contribution in [0, 0.1) is 5.82 Å². The van der Waals surface area contributed by atoms with Crippen molar-refractivity contribution < 1.29 is 12.8 Å². The molecule has 1 aromatic carbocycles. The molecule has 6 heteroatoms. The highest BCUT2D eigenvalue weighted by Crippen LogP contribution is 2.19. The highest BCUT2D eigenvalue weighted by molar-refractivity contribution is 7.91. The van der Waals surface area contributed by atoms with Gasteiger partial charge in [-0.25, -0.2) is 12.8 Å². The predicted molar refractivity (Wildman–Crippen MR) is 77.6 cm³/mol. The lowest BCUT2D eigenvalue weighted by Gasteiger charge is -2.24. The fraction of sp³-hybridized carbons (Fsp3) is 0.571. The fourth-order valence-electron chi connectivity index (χ4n) is 2.55. The van der Waals surface area contributed by atoms with Gasteiger partial charge in [-0.1, -0.05) is 12.1 Å². The van der Waals surface area contributed by atoms with Crippen molar-refractivity contribution in [3.63, 3.8) is 0 Å². The molecule has 0 aromatic heterocycles. The summed E-state index contributed by atoms with van der Waals surface area (Å²) in [5.74, 6) is 0.226. The first-order valence-corrected chi connectivity index (χ1v) is 8.61. The third kappa shape index (κ3) is 4.01. The highest BCUT2D eigenvalue weighted by Gasteiger charge is 2.30. The molecule has 1 fully saturated rings. The summed E-state index contributed by atoms with van der Waals surface area (Å²) in [5, 5.41) is 0. The second-order valence-corrected chi connectivity index (χ2v) is 7.72. The summed E-state index contributed by atoms with van der Waals surface area (Å²) < 4.78 is 36.0. The highest BCUT2D eigenvalue weighted by atomic mass is 32.2. The molecule has 1 aliphatic heterocycles. The quantitative estimate of drug-likeness (QED) is 0.891. The van der Waals surface area contributed by atoms with Gasteiger partial charge in [-0.15, -0.1) is 0 Å². The molecule has 2 N–H and O–H groups in total. The zero-order valence-corrected chi connectivity index (χ0v) is 12.4. The summed E-state index contributed by atoms with van der Waals surface area (Å²) >= 11 is 0. The van der Waals surface area contributed by atoms with Crippen molar-refractivity contribution >= 4 is 9.84 Å². The van der Waals surface area contributed by atoms with Crippen LogP contribution in [0.5, 0.6) is 0 Å². The number of benzene rings is 1. The Hall–Kier alpha value is -0.980. The minimum atomic E-state index is -2.86. The maximum absolute atomic E-state index is 13.1. The van der Waals surface area contributed by atoms with E-state index in [0.717, 1.165) is 5.56 Å². The van der Waals surface area contributed by atoms with Gasteiger partial charge >= 0.3 is 0 Å². The van der Waals surface area contributed by atoms with Crippen LogP contribution in [-0.4, -0.2) is 44.5 Å². The van der Waals surface area contributed by atoms with E-state index in [4.69, 9.17) is 5.73 Å². The maximum Gasteiger partial charge on any atom is 0.151 e. The van der Waals surface area contributed by atoms with E-state index in [2.05, 4.69) is 0 Å². The number of nitrogens with two attached hydrogens (primary N) is 1. The summed E-state index contributed by atoms with van der Waals surface area (Å²) in [6.45, 7) is 0.706. The first kappa shape index (κ1) is 15.4. The smallest absolute Gasteiger partial charge is 0.151 e. The molecule has 0 aliphatic carbocycles. The minimum Gasteiger partial charge on any atom is -0.324 e. The van der Waals surface area contributed by atoms with Gasteiger partial charge in [0.05, 0.1) is 11.5 Å². The van der Waals surface area contributed by atoms with Crippen molar-refractivity contribution in [1.29, 1.82) is 0 Å². The van der Waals surface area contributed by atoms with Crippen LogP contribution in [0.4, 0.5) is 4.39 Å². The van der Waals surface area contributed by atoms with Crippen LogP contribution < -0.4 is 5.73 Å². The average molecular weight is 300 g/mol. The number of hydrogen-bond donors (Lipinski definition) is 1. The van der Waals surface area contributed by atoms with Gasteiger partial charge in [0.1, 0.15) is 5.82 Å². The second-order valence-electron chi connectivity index (χ2n) is 5.49. The number of rotatable bonds is 5. The molecule has 0 saturated carbocycles.